The molecule has 0 aliphatic rings. The van der Waals surface area contributed by atoms with Gasteiger partial charge in [0.05, 0.1) is 16.7 Å². The normalized spacial score (nSPS) is 10.8. The van der Waals surface area contributed by atoms with Gasteiger partial charge in [-0.15, -0.1) is 0 Å². The van der Waals surface area contributed by atoms with Crippen molar-refractivity contribution in [3.63, 3.8) is 0 Å². The number of rotatable bonds is 3. The molecule has 3 aromatic rings. The number of anilines is 1. The van der Waals surface area contributed by atoms with E-state index in [-0.39, 0.29) is 16.7 Å². The molecule has 3 rings (SSSR count). The van der Waals surface area contributed by atoms with Gasteiger partial charge in [-0.05, 0) is 30.3 Å². The first-order valence-electron chi connectivity index (χ1n) is 7.02. The fraction of sp³-hybridized carbons (Fsp3) is 0.0625. The van der Waals surface area contributed by atoms with E-state index < -0.39 is 41.0 Å². The molecule has 0 aliphatic carbocycles. The fourth-order valence-electron chi connectivity index (χ4n) is 2.33. The summed E-state index contributed by atoms with van der Waals surface area (Å²) in [5, 5.41) is 2.18. The summed E-state index contributed by atoms with van der Waals surface area (Å²) in [5.74, 6) is -3.25. The number of nitrogens with zero attached hydrogens (tertiary/aromatic N) is 1. The molecule has 2 N–H and O–H groups in total. The topological polar surface area (TPSA) is 84.0 Å². The Hall–Kier alpha value is -3.36. The molecular weight excluding hydrogens is 339 g/mol. The number of fused-ring (bicyclic) bond motifs is 1. The van der Waals surface area contributed by atoms with Crippen LogP contribution < -0.4 is 16.4 Å². The average molecular weight is 349 g/mol. The van der Waals surface area contributed by atoms with Crippen LogP contribution in [0, 0.1) is 17.5 Å². The first kappa shape index (κ1) is 16.5. The van der Waals surface area contributed by atoms with Gasteiger partial charge in [-0.3, -0.25) is 19.0 Å². The highest BCUT2D eigenvalue weighted by molar-refractivity contribution is 5.91. The lowest BCUT2D eigenvalue weighted by Crippen LogP contribution is -2.38. The second-order valence-electron chi connectivity index (χ2n) is 5.18. The monoisotopic (exact) mass is 349 g/mol. The quantitative estimate of drug-likeness (QED) is 0.707. The second kappa shape index (κ2) is 6.27. The molecule has 0 bridgehead atoms. The molecule has 1 heterocycles. The van der Waals surface area contributed by atoms with Crippen molar-refractivity contribution in [2.24, 2.45) is 0 Å². The number of carbonyl (C=O) groups is 1. The van der Waals surface area contributed by atoms with Crippen LogP contribution >= 0.6 is 0 Å². The summed E-state index contributed by atoms with van der Waals surface area (Å²) in [7, 11) is 0. The number of aromatic nitrogens is 2. The highest BCUT2D eigenvalue weighted by Crippen LogP contribution is 2.15. The molecule has 0 saturated heterocycles. The number of hydrogen-bond donors (Lipinski definition) is 2. The Morgan fingerprint density at radius 2 is 1.72 bits per heavy atom. The van der Waals surface area contributed by atoms with E-state index in [2.05, 4.69) is 10.3 Å². The summed E-state index contributed by atoms with van der Waals surface area (Å²) < 4.78 is 40.5. The van der Waals surface area contributed by atoms with Crippen LogP contribution in [0.25, 0.3) is 11.0 Å². The van der Waals surface area contributed by atoms with Crippen molar-refractivity contribution >= 4 is 22.6 Å². The second-order valence-corrected chi connectivity index (χ2v) is 5.18. The number of carbonyl (C=O) groups excluding carboxylic acids is 1. The lowest BCUT2D eigenvalue weighted by molar-refractivity contribution is -0.116. The van der Waals surface area contributed by atoms with E-state index in [1.54, 1.807) is 0 Å². The zero-order valence-corrected chi connectivity index (χ0v) is 12.5. The third kappa shape index (κ3) is 3.30. The van der Waals surface area contributed by atoms with Crippen molar-refractivity contribution in [1.82, 2.24) is 9.55 Å². The van der Waals surface area contributed by atoms with Crippen molar-refractivity contribution in [3.8, 4) is 0 Å². The maximum atomic E-state index is 13.6. The molecule has 128 valence electrons. The Balaban J connectivity index is 1.97. The van der Waals surface area contributed by atoms with Gasteiger partial charge in [-0.1, -0.05) is 0 Å². The number of amides is 1. The number of aromatic amines is 1. The summed E-state index contributed by atoms with van der Waals surface area (Å²) in [6.45, 7) is -0.609. The molecule has 6 nitrogen and oxygen atoms in total. The molecule has 0 aliphatic heterocycles. The Kier molecular flexibility index (Phi) is 4.14. The van der Waals surface area contributed by atoms with Crippen LogP contribution in [0.2, 0.25) is 0 Å². The number of benzene rings is 2. The van der Waals surface area contributed by atoms with Crippen molar-refractivity contribution in [3.05, 3.63) is 74.6 Å². The molecule has 1 amide bonds. The number of halogens is 3. The Labute approximate surface area is 137 Å². The van der Waals surface area contributed by atoms with Crippen LogP contribution in [0.4, 0.5) is 18.9 Å². The van der Waals surface area contributed by atoms with Gasteiger partial charge in [0.2, 0.25) is 5.91 Å². The van der Waals surface area contributed by atoms with Gasteiger partial charge in [0.25, 0.3) is 0 Å². The van der Waals surface area contributed by atoms with E-state index in [1.165, 1.54) is 6.07 Å². The highest BCUT2D eigenvalue weighted by Gasteiger charge is 2.13. The first-order valence-corrected chi connectivity index (χ1v) is 7.02. The summed E-state index contributed by atoms with van der Waals surface area (Å²) in [6.07, 6.45) is 0. The molecule has 0 fully saturated rings. The van der Waals surface area contributed by atoms with Crippen LogP contribution in [0.15, 0.2) is 46.0 Å². The van der Waals surface area contributed by atoms with Gasteiger partial charge in [0, 0.05) is 6.07 Å². The smallest absolute Gasteiger partial charge is 0.317 e. The summed E-state index contributed by atoms with van der Waals surface area (Å²) in [5.41, 5.74) is -2.17. The van der Waals surface area contributed by atoms with Crippen LogP contribution in [-0.2, 0) is 11.3 Å². The minimum absolute atomic E-state index is 0.0327. The molecule has 0 atom stereocenters. The van der Waals surface area contributed by atoms with Gasteiger partial charge >= 0.3 is 11.1 Å². The third-order valence-corrected chi connectivity index (χ3v) is 3.44. The van der Waals surface area contributed by atoms with E-state index in [9.17, 15) is 27.6 Å². The molecule has 2 aromatic carbocycles. The van der Waals surface area contributed by atoms with E-state index in [0.717, 1.165) is 28.8 Å². The number of nitrogens with one attached hydrogen (secondary N) is 2. The SMILES string of the molecule is O=C(Cn1c(=O)c(=O)[nH]c2cc(F)ccc21)Nc1ccc(F)cc1F. The Morgan fingerprint density at radius 1 is 1.04 bits per heavy atom. The Morgan fingerprint density at radius 3 is 2.44 bits per heavy atom. The minimum Gasteiger partial charge on any atom is -0.322 e. The molecule has 25 heavy (non-hydrogen) atoms. The van der Waals surface area contributed by atoms with Gasteiger partial charge in [0.1, 0.15) is 24.0 Å². The maximum Gasteiger partial charge on any atom is 0.317 e. The van der Waals surface area contributed by atoms with E-state index >= 15 is 0 Å². The van der Waals surface area contributed by atoms with Crippen LogP contribution in [0.3, 0.4) is 0 Å². The zero-order chi connectivity index (χ0) is 18.1. The summed E-state index contributed by atoms with van der Waals surface area (Å²) >= 11 is 0. The van der Waals surface area contributed by atoms with Gasteiger partial charge in [-0.2, -0.15) is 0 Å². The lowest BCUT2D eigenvalue weighted by Gasteiger charge is -2.10. The van der Waals surface area contributed by atoms with E-state index in [0.29, 0.717) is 6.07 Å². The van der Waals surface area contributed by atoms with Crippen LogP contribution in [0.5, 0.6) is 0 Å². The molecule has 0 spiro atoms. The predicted octanol–water partition coefficient (Wildman–Crippen LogP) is 1.75. The van der Waals surface area contributed by atoms with Crippen LogP contribution in [0.1, 0.15) is 0 Å². The van der Waals surface area contributed by atoms with Crippen molar-refractivity contribution in [2.45, 2.75) is 6.54 Å². The molecule has 0 saturated carbocycles. The van der Waals surface area contributed by atoms with Crippen molar-refractivity contribution in [1.29, 1.82) is 0 Å². The van der Waals surface area contributed by atoms with Gasteiger partial charge < -0.3 is 10.3 Å². The first-order chi connectivity index (χ1) is 11.8. The van der Waals surface area contributed by atoms with Crippen LogP contribution in [-0.4, -0.2) is 15.5 Å². The standard InChI is InChI=1S/C16H10F3N3O3/c17-8-1-3-11(10(19)5-8)20-14(23)7-22-13-4-2-9(18)6-12(13)21-15(24)16(22)25/h1-6H,7H2,(H,20,23)(H,21,24). The predicted molar refractivity (Wildman–Crippen MR) is 83.8 cm³/mol. The maximum absolute atomic E-state index is 13.6. The third-order valence-electron chi connectivity index (χ3n) is 3.44. The molecule has 0 radical (unpaired) electrons. The van der Waals surface area contributed by atoms with Crippen molar-refractivity contribution < 1.29 is 18.0 Å². The molecule has 1 aromatic heterocycles. The molecule has 0 unspecified atom stereocenters. The number of hydrogen-bond acceptors (Lipinski definition) is 3. The van der Waals surface area contributed by atoms with Gasteiger partial charge in [0.15, 0.2) is 0 Å². The van der Waals surface area contributed by atoms with E-state index in [4.69, 9.17) is 0 Å². The largest absolute Gasteiger partial charge is 0.322 e. The highest BCUT2D eigenvalue weighted by atomic mass is 19.1. The van der Waals surface area contributed by atoms with E-state index in [1.807, 2.05) is 0 Å². The Bertz CT molecular complexity index is 1110. The van der Waals surface area contributed by atoms with Gasteiger partial charge in [-0.25, -0.2) is 13.2 Å². The number of H-pyrrole nitrogens is 1. The zero-order valence-electron chi connectivity index (χ0n) is 12.5. The molecular formula is C16H10F3N3O3. The lowest BCUT2D eigenvalue weighted by atomic mass is 10.2. The van der Waals surface area contributed by atoms with Crippen molar-refractivity contribution in [2.75, 3.05) is 5.32 Å². The minimum atomic E-state index is -1.03. The fourth-order valence-corrected chi connectivity index (χ4v) is 2.33. The summed E-state index contributed by atoms with van der Waals surface area (Å²) in [6, 6.07) is 5.87. The summed E-state index contributed by atoms with van der Waals surface area (Å²) in [4.78, 5) is 37.9. The molecule has 9 heteroatoms. The average Bonchev–Trinajstić information content (AvgIpc) is 2.54.